The lowest BCUT2D eigenvalue weighted by molar-refractivity contribution is 0.130. The molecule has 0 saturated carbocycles. The molecule has 0 bridgehead atoms. The quantitative estimate of drug-likeness (QED) is 0.767. The molecular formula is C16H25NO2. The normalized spacial score (nSPS) is 18.1. The van der Waals surface area contributed by atoms with Crippen molar-refractivity contribution in [2.24, 2.45) is 0 Å². The summed E-state index contributed by atoms with van der Waals surface area (Å²) in [4.78, 5) is 0. The molecule has 0 amide bonds. The summed E-state index contributed by atoms with van der Waals surface area (Å²) in [5.41, 5.74) is 2.81. The lowest BCUT2D eigenvalue weighted by atomic mass is 9.87. The minimum absolute atomic E-state index is 0.482. The second-order valence-electron chi connectivity index (χ2n) is 4.96. The van der Waals surface area contributed by atoms with Gasteiger partial charge in [0.25, 0.3) is 0 Å². The fraction of sp³-hybridized carbons (Fsp3) is 0.625. The van der Waals surface area contributed by atoms with Gasteiger partial charge in [-0.05, 0) is 50.4 Å². The highest BCUT2D eigenvalue weighted by atomic mass is 16.5. The molecule has 0 spiro atoms. The van der Waals surface area contributed by atoms with Gasteiger partial charge in [0.05, 0.1) is 6.61 Å². The smallest absolute Gasteiger partial charge is 0.122 e. The molecular weight excluding hydrogens is 238 g/mol. The van der Waals surface area contributed by atoms with Crippen LogP contribution in [0.2, 0.25) is 0 Å². The maximum Gasteiger partial charge on any atom is 0.122 e. The summed E-state index contributed by atoms with van der Waals surface area (Å²) in [5, 5.41) is 3.40. The number of hydrogen-bond donors (Lipinski definition) is 1. The summed E-state index contributed by atoms with van der Waals surface area (Å²) in [6.45, 7) is 4.32. The molecule has 0 radical (unpaired) electrons. The molecule has 0 saturated heterocycles. The Morgan fingerprint density at radius 2 is 2.21 bits per heavy atom. The van der Waals surface area contributed by atoms with Gasteiger partial charge >= 0.3 is 0 Å². The average molecular weight is 263 g/mol. The topological polar surface area (TPSA) is 30.5 Å². The van der Waals surface area contributed by atoms with E-state index in [1.165, 1.54) is 24.0 Å². The van der Waals surface area contributed by atoms with Crippen LogP contribution in [0.25, 0.3) is 0 Å². The summed E-state index contributed by atoms with van der Waals surface area (Å²) in [7, 11) is 2.04. The molecule has 1 aliphatic rings. The largest absolute Gasteiger partial charge is 0.493 e. The van der Waals surface area contributed by atoms with Crippen LogP contribution in [0, 0.1) is 0 Å². The zero-order chi connectivity index (χ0) is 13.5. The minimum Gasteiger partial charge on any atom is -0.493 e. The number of hydrogen-bond acceptors (Lipinski definition) is 3. The van der Waals surface area contributed by atoms with E-state index in [9.17, 15) is 0 Å². The third kappa shape index (κ3) is 3.71. The molecule has 1 aromatic rings. The van der Waals surface area contributed by atoms with E-state index in [4.69, 9.17) is 9.47 Å². The molecule has 3 heteroatoms. The summed E-state index contributed by atoms with van der Waals surface area (Å²) in [5.74, 6) is 1.06. The van der Waals surface area contributed by atoms with Gasteiger partial charge in [-0.2, -0.15) is 0 Å². The lowest BCUT2D eigenvalue weighted by Crippen LogP contribution is -2.22. The predicted molar refractivity (Wildman–Crippen MR) is 77.8 cm³/mol. The van der Waals surface area contributed by atoms with Gasteiger partial charge in [-0.3, -0.25) is 0 Å². The fourth-order valence-corrected chi connectivity index (χ4v) is 2.74. The standard InChI is InChI=1S/C16H25NO2/c1-3-18-11-6-12-19-16-10-5-7-13-14(16)8-4-9-15(13)17-2/h5,7,10,15,17H,3-4,6,8-9,11-12H2,1-2H3. The van der Waals surface area contributed by atoms with Crippen molar-refractivity contribution >= 4 is 0 Å². The van der Waals surface area contributed by atoms with Crippen molar-refractivity contribution < 1.29 is 9.47 Å². The molecule has 0 fully saturated rings. The monoisotopic (exact) mass is 263 g/mol. The Bertz CT molecular complexity index is 392. The fourth-order valence-electron chi connectivity index (χ4n) is 2.74. The molecule has 106 valence electrons. The van der Waals surface area contributed by atoms with Crippen LogP contribution in [0.1, 0.15) is 43.4 Å². The Morgan fingerprint density at radius 1 is 1.32 bits per heavy atom. The zero-order valence-electron chi connectivity index (χ0n) is 12.1. The van der Waals surface area contributed by atoms with Crippen LogP contribution < -0.4 is 10.1 Å². The van der Waals surface area contributed by atoms with Gasteiger partial charge in [0.15, 0.2) is 0 Å². The van der Waals surface area contributed by atoms with Crippen molar-refractivity contribution in [3.8, 4) is 5.75 Å². The molecule has 2 rings (SSSR count). The number of benzene rings is 1. The molecule has 1 aliphatic carbocycles. The molecule has 1 aromatic carbocycles. The van der Waals surface area contributed by atoms with Crippen molar-refractivity contribution in [1.29, 1.82) is 0 Å². The first-order valence-corrected chi connectivity index (χ1v) is 7.36. The highest BCUT2D eigenvalue weighted by Crippen LogP contribution is 2.35. The molecule has 3 nitrogen and oxygen atoms in total. The Labute approximate surface area is 116 Å². The van der Waals surface area contributed by atoms with Gasteiger partial charge in [-0.1, -0.05) is 12.1 Å². The van der Waals surface area contributed by atoms with Crippen LogP contribution in [-0.2, 0) is 11.2 Å². The van der Waals surface area contributed by atoms with Crippen LogP contribution in [-0.4, -0.2) is 26.9 Å². The zero-order valence-corrected chi connectivity index (χ0v) is 12.1. The van der Waals surface area contributed by atoms with Gasteiger partial charge < -0.3 is 14.8 Å². The second-order valence-corrected chi connectivity index (χ2v) is 4.96. The lowest BCUT2D eigenvalue weighted by Gasteiger charge is -2.26. The Kier molecular flexibility index (Phi) is 5.67. The van der Waals surface area contributed by atoms with Crippen molar-refractivity contribution in [3.63, 3.8) is 0 Å². The maximum atomic E-state index is 5.94. The van der Waals surface area contributed by atoms with Crippen LogP contribution >= 0.6 is 0 Å². The summed E-state index contributed by atoms with van der Waals surface area (Å²) in [6, 6.07) is 6.91. The van der Waals surface area contributed by atoms with E-state index in [0.717, 1.165) is 38.4 Å². The van der Waals surface area contributed by atoms with Crippen LogP contribution in [0.15, 0.2) is 18.2 Å². The van der Waals surface area contributed by atoms with Crippen molar-refractivity contribution in [3.05, 3.63) is 29.3 Å². The first-order chi connectivity index (χ1) is 9.36. The van der Waals surface area contributed by atoms with Gasteiger partial charge in [-0.25, -0.2) is 0 Å². The van der Waals surface area contributed by atoms with Crippen LogP contribution in [0.3, 0.4) is 0 Å². The van der Waals surface area contributed by atoms with E-state index >= 15 is 0 Å². The molecule has 1 N–H and O–H groups in total. The van der Waals surface area contributed by atoms with Crippen molar-refractivity contribution in [1.82, 2.24) is 5.32 Å². The van der Waals surface area contributed by atoms with Gasteiger partial charge in [0.1, 0.15) is 5.75 Å². The number of fused-ring (bicyclic) bond motifs is 1. The van der Waals surface area contributed by atoms with E-state index < -0.39 is 0 Å². The average Bonchev–Trinajstić information content (AvgIpc) is 2.46. The van der Waals surface area contributed by atoms with Gasteiger partial charge in [-0.15, -0.1) is 0 Å². The number of rotatable bonds is 7. The summed E-state index contributed by atoms with van der Waals surface area (Å²) >= 11 is 0. The van der Waals surface area contributed by atoms with Gasteiger partial charge in [0.2, 0.25) is 0 Å². The Hall–Kier alpha value is -1.06. The van der Waals surface area contributed by atoms with Crippen molar-refractivity contribution in [2.75, 3.05) is 26.9 Å². The maximum absolute atomic E-state index is 5.94. The number of ether oxygens (including phenoxy) is 2. The Balaban J connectivity index is 1.97. The van der Waals surface area contributed by atoms with E-state index in [-0.39, 0.29) is 0 Å². The minimum atomic E-state index is 0.482. The van der Waals surface area contributed by atoms with E-state index in [2.05, 4.69) is 23.5 Å². The van der Waals surface area contributed by atoms with Crippen LogP contribution in [0.5, 0.6) is 5.75 Å². The third-order valence-electron chi connectivity index (χ3n) is 3.71. The first kappa shape index (κ1) is 14.4. The summed E-state index contributed by atoms with van der Waals surface area (Å²) < 4.78 is 11.3. The Morgan fingerprint density at radius 3 is 3.00 bits per heavy atom. The SMILES string of the molecule is CCOCCCOc1cccc2c1CCCC2NC. The number of nitrogens with one attached hydrogen (secondary N) is 1. The molecule has 0 aliphatic heterocycles. The highest BCUT2D eigenvalue weighted by Gasteiger charge is 2.21. The van der Waals surface area contributed by atoms with E-state index in [0.29, 0.717) is 6.04 Å². The summed E-state index contributed by atoms with van der Waals surface area (Å²) in [6.07, 6.45) is 4.54. The van der Waals surface area contributed by atoms with E-state index in [1.807, 2.05) is 14.0 Å². The third-order valence-corrected chi connectivity index (χ3v) is 3.71. The molecule has 1 atom stereocenters. The van der Waals surface area contributed by atoms with E-state index in [1.54, 1.807) is 0 Å². The second kappa shape index (κ2) is 7.51. The first-order valence-electron chi connectivity index (χ1n) is 7.36. The molecule has 19 heavy (non-hydrogen) atoms. The molecule has 1 unspecified atom stereocenters. The highest BCUT2D eigenvalue weighted by molar-refractivity contribution is 5.43. The van der Waals surface area contributed by atoms with Crippen molar-refractivity contribution in [2.45, 2.75) is 38.6 Å². The van der Waals surface area contributed by atoms with Crippen LogP contribution in [0.4, 0.5) is 0 Å². The predicted octanol–water partition coefficient (Wildman–Crippen LogP) is 3.09. The van der Waals surface area contributed by atoms with Gasteiger partial charge in [0, 0.05) is 25.7 Å². The molecule has 0 aromatic heterocycles. The molecule has 0 heterocycles.